The van der Waals surface area contributed by atoms with Gasteiger partial charge in [0.1, 0.15) is 0 Å². The number of hydrogen-bond donors (Lipinski definition) is 1. The first-order valence-corrected chi connectivity index (χ1v) is 5.99. The maximum absolute atomic E-state index is 5.45. The minimum Gasteiger partial charge on any atom is -0.297 e. The van der Waals surface area contributed by atoms with E-state index in [1.165, 1.54) is 24.8 Å². The van der Waals surface area contributed by atoms with Gasteiger partial charge in [0.2, 0.25) is 0 Å². The monoisotopic (exact) mass is 217 g/mol. The van der Waals surface area contributed by atoms with Gasteiger partial charge in [-0.1, -0.05) is 42.5 Å². The van der Waals surface area contributed by atoms with E-state index < -0.39 is 0 Å². The number of nitrogens with one attached hydrogen (secondary N) is 1. The Morgan fingerprint density at radius 3 is 2.81 bits per heavy atom. The van der Waals surface area contributed by atoms with Crippen LogP contribution in [-0.2, 0) is 11.4 Å². The Hall–Kier alpha value is -1.12. The molecule has 1 aliphatic carbocycles. The van der Waals surface area contributed by atoms with E-state index in [9.17, 15) is 0 Å². The third-order valence-electron chi connectivity index (χ3n) is 2.93. The Kier molecular flexibility index (Phi) is 4.59. The maximum atomic E-state index is 5.45. The van der Waals surface area contributed by atoms with Gasteiger partial charge in [0, 0.05) is 6.54 Å². The third-order valence-corrected chi connectivity index (χ3v) is 2.93. The summed E-state index contributed by atoms with van der Waals surface area (Å²) in [5, 5.41) is 0. The molecule has 1 aromatic rings. The van der Waals surface area contributed by atoms with Crippen molar-refractivity contribution in [3.05, 3.63) is 48.0 Å². The van der Waals surface area contributed by atoms with E-state index in [-0.39, 0.29) is 0 Å². The summed E-state index contributed by atoms with van der Waals surface area (Å²) in [4.78, 5) is 5.45. The Bertz CT molecular complexity index is 321. The molecule has 0 amide bonds. The summed E-state index contributed by atoms with van der Waals surface area (Å²) in [5.41, 5.74) is 4.28. The Morgan fingerprint density at radius 2 is 2.06 bits per heavy atom. The summed E-state index contributed by atoms with van der Waals surface area (Å²) >= 11 is 0. The standard InChI is InChI=1S/C14H19NO/c1-3-7-13(8-4-1)11-15-16-12-14-9-5-2-6-10-14/h1-3,5-6,9-10,13,15H,4,7-8,11-12H2. The number of hydroxylamine groups is 1. The van der Waals surface area contributed by atoms with Crippen LogP contribution >= 0.6 is 0 Å². The number of rotatable bonds is 5. The highest BCUT2D eigenvalue weighted by atomic mass is 16.6. The zero-order valence-corrected chi connectivity index (χ0v) is 9.56. The third kappa shape index (κ3) is 3.80. The van der Waals surface area contributed by atoms with E-state index in [0.717, 1.165) is 12.5 Å². The number of hydrogen-bond acceptors (Lipinski definition) is 2. The molecule has 1 atom stereocenters. The Labute approximate surface area is 97.3 Å². The normalized spacial score (nSPS) is 19.9. The van der Waals surface area contributed by atoms with Crippen LogP contribution in [0.1, 0.15) is 24.8 Å². The van der Waals surface area contributed by atoms with Crippen molar-refractivity contribution in [3.8, 4) is 0 Å². The van der Waals surface area contributed by atoms with E-state index in [1.54, 1.807) is 0 Å². The fourth-order valence-electron chi connectivity index (χ4n) is 1.93. The van der Waals surface area contributed by atoms with E-state index in [4.69, 9.17) is 4.84 Å². The average Bonchev–Trinajstić information content (AvgIpc) is 2.37. The molecule has 1 aliphatic rings. The van der Waals surface area contributed by atoms with Crippen LogP contribution in [0.2, 0.25) is 0 Å². The molecular formula is C14H19NO. The number of benzene rings is 1. The summed E-state index contributed by atoms with van der Waals surface area (Å²) in [6.07, 6.45) is 8.21. The minimum atomic E-state index is 0.642. The lowest BCUT2D eigenvalue weighted by molar-refractivity contribution is 0.0188. The largest absolute Gasteiger partial charge is 0.297 e. The molecule has 2 heteroatoms. The Morgan fingerprint density at radius 1 is 1.19 bits per heavy atom. The van der Waals surface area contributed by atoms with Gasteiger partial charge in [-0.2, -0.15) is 0 Å². The van der Waals surface area contributed by atoms with Crippen molar-refractivity contribution in [2.75, 3.05) is 6.54 Å². The van der Waals surface area contributed by atoms with Crippen molar-refractivity contribution in [1.29, 1.82) is 0 Å². The fourth-order valence-corrected chi connectivity index (χ4v) is 1.93. The zero-order chi connectivity index (χ0) is 11.1. The van der Waals surface area contributed by atoms with Gasteiger partial charge in [0.25, 0.3) is 0 Å². The molecule has 2 rings (SSSR count). The topological polar surface area (TPSA) is 21.3 Å². The van der Waals surface area contributed by atoms with Crippen LogP contribution in [0.25, 0.3) is 0 Å². The van der Waals surface area contributed by atoms with Gasteiger partial charge in [-0.3, -0.25) is 4.84 Å². The van der Waals surface area contributed by atoms with E-state index in [2.05, 4.69) is 29.8 Å². The minimum absolute atomic E-state index is 0.642. The molecule has 0 saturated heterocycles. The molecule has 0 bridgehead atoms. The van der Waals surface area contributed by atoms with Gasteiger partial charge in [-0.15, -0.1) is 0 Å². The summed E-state index contributed by atoms with van der Waals surface area (Å²) in [6, 6.07) is 10.2. The second kappa shape index (κ2) is 6.46. The molecule has 1 aromatic carbocycles. The molecule has 0 fully saturated rings. The smallest absolute Gasteiger partial charge is 0.0933 e. The maximum Gasteiger partial charge on any atom is 0.0933 e. The Balaban J connectivity index is 1.60. The molecule has 1 N–H and O–H groups in total. The molecule has 2 nitrogen and oxygen atoms in total. The quantitative estimate of drug-likeness (QED) is 0.465. The summed E-state index contributed by atoms with van der Waals surface area (Å²) < 4.78 is 0. The first-order chi connectivity index (χ1) is 7.95. The number of allylic oxidation sites excluding steroid dienone is 2. The van der Waals surface area contributed by atoms with Gasteiger partial charge >= 0.3 is 0 Å². The SMILES string of the molecule is C1=CCC(CNOCc2ccccc2)CC1. The van der Waals surface area contributed by atoms with Gasteiger partial charge in [0.05, 0.1) is 6.61 Å². The molecule has 0 saturated carbocycles. The second-order valence-corrected chi connectivity index (χ2v) is 4.27. The molecule has 0 aliphatic heterocycles. The van der Waals surface area contributed by atoms with E-state index >= 15 is 0 Å². The van der Waals surface area contributed by atoms with Gasteiger partial charge < -0.3 is 0 Å². The highest BCUT2D eigenvalue weighted by Crippen LogP contribution is 2.16. The van der Waals surface area contributed by atoms with E-state index in [0.29, 0.717) is 6.61 Å². The zero-order valence-electron chi connectivity index (χ0n) is 9.56. The van der Waals surface area contributed by atoms with Crippen molar-refractivity contribution < 1.29 is 4.84 Å². The van der Waals surface area contributed by atoms with Gasteiger partial charge in [-0.25, -0.2) is 5.48 Å². The van der Waals surface area contributed by atoms with Gasteiger partial charge in [0.15, 0.2) is 0 Å². The second-order valence-electron chi connectivity index (χ2n) is 4.27. The summed E-state index contributed by atoms with van der Waals surface area (Å²) in [7, 11) is 0. The van der Waals surface area contributed by atoms with Crippen LogP contribution in [0.3, 0.4) is 0 Å². The molecule has 16 heavy (non-hydrogen) atoms. The lowest BCUT2D eigenvalue weighted by Gasteiger charge is -2.17. The first-order valence-electron chi connectivity index (χ1n) is 5.99. The molecule has 86 valence electrons. The van der Waals surface area contributed by atoms with Crippen LogP contribution in [0.5, 0.6) is 0 Å². The fraction of sp³-hybridized carbons (Fsp3) is 0.429. The van der Waals surface area contributed by atoms with Crippen molar-refractivity contribution >= 4 is 0 Å². The molecule has 0 heterocycles. The van der Waals surface area contributed by atoms with Crippen LogP contribution in [0, 0.1) is 5.92 Å². The summed E-state index contributed by atoms with van der Waals surface area (Å²) in [6.45, 7) is 1.60. The summed E-state index contributed by atoms with van der Waals surface area (Å²) in [5.74, 6) is 0.737. The molecule has 0 aromatic heterocycles. The predicted molar refractivity (Wildman–Crippen MR) is 65.7 cm³/mol. The van der Waals surface area contributed by atoms with Crippen LogP contribution < -0.4 is 5.48 Å². The van der Waals surface area contributed by atoms with Crippen molar-refractivity contribution in [1.82, 2.24) is 5.48 Å². The average molecular weight is 217 g/mol. The highest BCUT2D eigenvalue weighted by Gasteiger charge is 2.08. The first kappa shape index (κ1) is 11.4. The van der Waals surface area contributed by atoms with Crippen molar-refractivity contribution in [3.63, 3.8) is 0 Å². The van der Waals surface area contributed by atoms with Crippen LogP contribution in [0.4, 0.5) is 0 Å². The molecular weight excluding hydrogens is 198 g/mol. The van der Waals surface area contributed by atoms with E-state index in [1.807, 2.05) is 18.2 Å². The predicted octanol–water partition coefficient (Wildman–Crippen LogP) is 3.06. The molecule has 0 radical (unpaired) electrons. The van der Waals surface area contributed by atoms with Gasteiger partial charge in [-0.05, 0) is 30.7 Å². The van der Waals surface area contributed by atoms with Crippen LogP contribution in [-0.4, -0.2) is 6.54 Å². The lowest BCUT2D eigenvalue weighted by atomic mass is 9.95. The van der Waals surface area contributed by atoms with Crippen LogP contribution in [0.15, 0.2) is 42.5 Å². The molecule has 1 unspecified atom stereocenters. The van der Waals surface area contributed by atoms with Crippen molar-refractivity contribution in [2.24, 2.45) is 5.92 Å². The lowest BCUT2D eigenvalue weighted by Crippen LogP contribution is -2.23. The highest BCUT2D eigenvalue weighted by molar-refractivity contribution is 5.13. The van der Waals surface area contributed by atoms with Crippen molar-refractivity contribution in [2.45, 2.75) is 25.9 Å². The molecule has 0 spiro atoms.